The second-order valence-corrected chi connectivity index (χ2v) is 7.12. The van der Waals surface area contributed by atoms with Crippen molar-refractivity contribution in [3.05, 3.63) is 66.1 Å². The van der Waals surface area contributed by atoms with Gasteiger partial charge >= 0.3 is 0 Å². The van der Waals surface area contributed by atoms with Gasteiger partial charge in [-0.15, -0.1) is 0 Å². The Labute approximate surface area is 165 Å². The molecular formula is C22H26N4O2. The average Bonchev–Trinajstić information content (AvgIpc) is 3.41. The highest BCUT2D eigenvalue weighted by molar-refractivity contribution is 5.63. The van der Waals surface area contributed by atoms with Gasteiger partial charge in [-0.05, 0) is 49.2 Å². The quantitative estimate of drug-likeness (QED) is 0.648. The zero-order valence-electron chi connectivity index (χ0n) is 16.2. The van der Waals surface area contributed by atoms with E-state index in [-0.39, 0.29) is 0 Å². The summed E-state index contributed by atoms with van der Waals surface area (Å²) in [6.07, 6.45) is 6.32. The van der Waals surface area contributed by atoms with Gasteiger partial charge in [-0.25, -0.2) is 0 Å². The van der Waals surface area contributed by atoms with Crippen LogP contribution in [0.2, 0.25) is 0 Å². The van der Waals surface area contributed by atoms with Crippen LogP contribution >= 0.6 is 0 Å². The van der Waals surface area contributed by atoms with Crippen molar-refractivity contribution in [3.8, 4) is 17.0 Å². The lowest BCUT2D eigenvalue weighted by Gasteiger charge is -2.25. The normalized spacial score (nSPS) is 16.6. The average molecular weight is 378 g/mol. The topological polar surface area (TPSA) is 63.3 Å². The van der Waals surface area contributed by atoms with Crippen LogP contribution < -0.4 is 4.74 Å². The summed E-state index contributed by atoms with van der Waals surface area (Å²) in [5.74, 6) is 0.847. The Morgan fingerprint density at radius 3 is 2.79 bits per heavy atom. The van der Waals surface area contributed by atoms with E-state index in [0.29, 0.717) is 6.10 Å². The summed E-state index contributed by atoms with van der Waals surface area (Å²) < 4.78 is 11.1. The number of aromatic nitrogens is 3. The molecule has 0 amide bonds. The zero-order chi connectivity index (χ0) is 19.2. The van der Waals surface area contributed by atoms with Gasteiger partial charge in [0.15, 0.2) is 0 Å². The molecule has 3 heterocycles. The Bertz CT molecular complexity index is 858. The monoisotopic (exact) mass is 378 g/mol. The summed E-state index contributed by atoms with van der Waals surface area (Å²) in [5.41, 5.74) is 4.37. The van der Waals surface area contributed by atoms with Gasteiger partial charge in [-0.3, -0.25) is 15.0 Å². The van der Waals surface area contributed by atoms with Crippen molar-refractivity contribution in [2.24, 2.45) is 0 Å². The summed E-state index contributed by atoms with van der Waals surface area (Å²) in [4.78, 5) is 6.90. The molecular weight excluding hydrogens is 352 g/mol. The molecule has 146 valence electrons. The van der Waals surface area contributed by atoms with Crippen LogP contribution in [0.3, 0.4) is 0 Å². The first kappa shape index (κ1) is 18.7. The van der Waals surface area contributed by atoms with E-state index in [9.17, 15) is 0 Å². The highest BCUT2D eigenvalue weighted by Gasteiger charge is 2.21. The largest absolute Gasteiger partial charge is 0.497 e. The number of benzene rings is 1. The van der Waals surface area contributed by atoms with E-state index in [1.165, 1.54) is 5.56 Å². The van der Waals surface area contributed by atoms with Crippen LogP contribution in [0.15, 0.2) is 54.9 Å². The lowest BCUT2D eigenvalue weighted by molar-refractivity contribution is 0.0675. The van der Waals surface area contributed by atoms with Crippen LogP contribution in [-0.2, 0) is 17.8 Å². The Hall–Kier alpha value is -2.70. The van der Waals surface area contributed by atoms with Gasteiger partial charge in [-0.1, -0.05) is 6.07 Å². The maximum absolute atomic E-state index is 5.88. The molecule has 1 fully saturated rings. The van der Waals surface area contributed by atoms with Crippen molar-refractivity contribution in [1.29, 1.82) is 0 Å². The number of ether oxygens (including phenoxy) is 2. The van der Waals surface area contributed by atoms with Gasteiger partial charge in [0, 0.05) is 43.6 Å². The molecule has 0 bridgehead atoms. The number of hydrogen-bond acceptors (Lipinski definition) is 5. The van der Waals surface area contributed by atoms with Crippen LogP contribution in [0.4, 0.5) is 0 Å². The smallest absolute Gasteiger partial charge is 0.118 e. The highest BCUT2D eigenvalue weighted by atomic mass is 16.5. The zero-order valence-corrected chi connectivity index (χ0v) is 16.2. The number of nitrogens with zero attached hydrogens (tertiary/aromatic N) is 3. The third kappa shape index (κ3) is 4.58. The van der Waals surface area contributed by atoms with Gasteiger partial charge in [0.1, 0.15) is 5.75 Å². The maximum atomic E-state index is 5.88. The van der Waals surface area contributed by atoms with Gasteiger partial charge in [-0.2, -0.15) is 5.10 Å². The molecule has 28 heavy (non-hydrogen) atoms. The van der Waals surface area contributed by atoms with Crippen molar-refractivity contribution in [2.45, 2.75) is 32.0 Å². The predicted molar refractivity (Wildman–Crippen MR) is 108 cm³/mol. The minimum atomic E-state index is 0.292. The Balaban J connectivity index is 1.53. The summed E-state index contributed by atoms with van der Waals surface area (Å²) in [5, 5.41) is 7.46. The number of hydrogen-bond donors (Lipinski definition) is 1. The third-order valence-electron chi connectivity index (χ3n) is 5.09. The lowest BCUT2D eigenvalue weighted by atomic mass is 10.1. The standard InChI is InChI=1S/C22H26N4O2/c1-27-20-9-7-17(8-10-20)22-18(13-24-25-22)14-26(16-21-6-4-12-28-21)15-19-5-2-3-11-23-19/h2-3,5,7-11,13,21H,4,6,12,14-16H2,1H3,(H,24,25)/t21-/m0/s1. The second-order valence-electron chi connectivity index (χ2n) is 7.12. The first-order chi connectivity index (χ1) is 13.8. The molecule has 1 saturated heterocycles. The van der Waals surface area contributed by atoms with E-state index in [0.717, 1.165) is 61.8 Å². The number of aromatic amines is 1. The summed E-state index contributed by atoms with van der Waals surface area (Å²) in [6.45, 7) is 3.33. The van der Waals surface area contributed by atoms with Gasteiger partial charge < -0.3 is 9.47 Å². The molecule has 0 unspecified atom stereocenters. The SMILES string of the molecule is COc1ccc(-c2[nH]ncc2CN(Cc2ccccn2)C[C@@H]2CCCO2)cc1. The first-order valence-corrected chi connectivity index (χ1v) is 9.72. The van der Waals surface area contributed by atoms with E-state index in [4.69, 9.17) is 9.47 Å². The molecule has 1 aliphatic rings. The molecule has 2 aromatic heterocycles. The van der Waals surface area contributed by atoms with Crippen LogP contribution in [0.1, 0.15) is 24.1 Å². The van der Waals surface area contributed by atoms with Crippen LogP contribution in [0.5, 0.6) is 5.75 Å². The van der Waals surface area contributed by atoms with E-state index in [1.807, 2.05) is 36.7 Å². The molecule has 0 saturated carbocycles. The third-order valence-corrected chi connectivity index (χ3v) is 5.09. The minimum Gasteiger partial charge on any atom is -0.497 e. The van der Waals surface area contributed by atoms with Gasteiger partial charge in [0.2, 0.25) is 0 Å². The minimum absolute atomic E-state index is 0.292. The summed E-state index contributed by atoms with van der Waals surface area (Å²) >= 11 is 0. The fourth-order valence-corrected chi connectivity index (χ4v) is 3.66. The molecule has 0 radical (unpaired) electrons. The van der Waals surface area contributed by atoms with Gasteiger partial charge in [0.25, 0.3) is 0 Å². The van der Waals surface area contributed by atoms with Crippen molar-refractivity contribution in [2.75, 3.05) is 20.3 Å². The number of methoxy groups -OCH3 is 1. The van der Waals surface area contributed by atoms with Crippen LogP contribution in [0, 0.1) is 0 Å². The molecule has 6 heteroatoms. The lowest BCUT2D eigenvalue weighted by Crippen LogP contribution is -2.31. The van der Waals surface area contributed by atoms with E-state index in [1.54, 1.807) is 7.11 Å². The molecule has 1 aliphatic heterocycles. The Morgan fingerprint density at radius 2 is 2.07 bits per heavy atom. The molecule has 0 aliphatic carbocycles. The van der Waals surface area contributed by atoms with Crippen molar-refractivity contribution >= 4 is 0 Å². The molecule has 1 N–H and O–H groups in total. The number of nitrogens with one attached hydrogen (secondary N) is 1. The Morgan fingerprint density at radius 1 is 1.18 bits per heavy atom. The van der Waals surface area contributed by atoms with E-state index in [2.05, 4.69) is 38.3 Å². The number of H-pyrrole nitrogens is 1. The van der Waals surface area contributed by atoms with Crippen LogP contribution in [0.25, 0.3) is 11.3 Å². The molecule has 1 atom stereocenters. The Kier molecular flexibility index (Phi) is 5.99. The van der Waals surface area contributed by atoms with Gasteiger partial charge in [0.05, 0.1) is 30.8 Å². The number of pyridine rings is 1. The van der Waals surface area contributed by atoms with Crippen molar-refractivity contribution in [3.63, 3.8) is 0 Å². The molecule has 1 aromatic carbocycles. The van der Waals surface area contributed by atoms with Crippen molar-refractivity contribution in [1.82, 2.24) is 20.1 Å². The van der Waals surface area contributed by atoms with Crippen LogP contribution in [-0.4, -0.2) is 46.4 Å². The second kappa shape index (κ2) is 8.99. The molecule has 0 spiro atoms. The fourth-order valence-electron chi connectivity index (χ4n) is 3.66. The van der Waals surface area contributed by atoms with E-state index >= 15 is 0 Å². The predicted octanol–water partition coefficient (Wildman–Crippen LogP) is 3.66. The molecule has 4 rings (SSSR count). The highest BCUT2D eigenvalue weighted by Crippen LogP contribution is 2.25. The number of rotatable bonds is 8. The fraction of sp³-hybridized carbons (Fsp3) is 0.364. The molecule has 3 aromatic rings. The first-order valence-electron chi connectivity index (χ1n) is 9.72. The summed E-state index contributed by atoms with van der Waals surface area (Å²) in [7, 11) is 1.68. The van der Waals surface area contributed by atoms with E-state index < -0.39 is 0 Å². The maximum Gasteiger partial charge on any atom is 0.118 e. The molecule has 6 nitrogen and oxygen atoms in total. The summed E-state index contributed by atoms with van der Waals surface area (Å²) in [6, 6.07) is 14.1. The van der Waals surface area contributed by atoms with Crippen molar-refractivity contribution < 1.29 is 9.47 Å².